The molecule has 1 amide bonds. The van der Waals surface area contributed by atoms with Crippen LogP contribution in [0.4, 0.5) is 5.69 Å². The summed E-state index contributed by atoms with van der Waals surface area (Å²) in [6, 6.07) is 22.5. The van der Waals surface area contributed by atoms with Gasteiger partial charge in [0.2, 0.25) is 0 Å². The molecule has 3 rings (SSSR count). The molecule has 5 nitrogen and oxygen atoms in total. The van der Waals surface area contributed by atoms with Crippen LogP contribution in [0.5, 0.6) is 5.75 Å². The van der Waals surface area contributed by atoms with E-state index in [1.54, 1.807) is 30.5 Å². The van der Waals surface area contributed by atoms with Gasteiger partial charge in [0.15, 0.2) is 6.61 Å². The summed E-state index contributed by atoms with van der Waals surface area (Å²) in [6.45, 7) is 2.39. The Kier molecular flexibility index (Phi) is 7.25. The number of amides is 1. The molecule has 0 saturated carbocycles. The second kappa shape index (κ2) is 10.3. The molecule has 0 heterocycles. The van der Waals surface area contributed by atoms with E-state index in [0.717, 1.165) is 16.9 Å². The first-order chi connectivity index (χ1) is 14.1. The van der Waals surface area contributed by atoms with Gasteiger partial charge in [-0.05, 0) is 66.6 Å². The number of oxime groups is 1. The molecule has 148 valence electrons. The van der Waals surface area contributed by atoms with Crippen LogP contribution < -0.4 is 10.1 Å². The minimum atomic E-state index is -0.302. The van der Waals surface area contributed by atoms with Crippen LogP contribution in [0.15, 0.2) is 78.0 Å². The van der Waals surface area contributed by atoms with E-state index in [4.69, 9.17) is 21.2 Å². The van der Waals surface area contributed by atoms with Crippen molar-refractivity contribution in [1.82, 2.24) is 0 Å². The first-order valence-corrected chi connectivity index (χ1v) is 9.45. The third kappa shape index (κ3) is 6.97. The number of aryl methyl sites for hydroxylation is 1. The molecule has 0 aliphatic rings. The van der Waals surface area contributed by atoms with Crippen LogP contribution in [-0.4, -0.2) is 18.7 Å². The molecule has 6 heteroatoms. The summed E-state index contributed by atoms with van der Waals surface area (Å²) >= 11 is 5.80. The van der Waals surface area contributed by atoms with E-state index >= 15 is 0 Å². The Morgan fingerprint density at radius 3 is 2.38 bits per heavy atom. The molecule has 0 radical (unpaired) electrons. The average Bonchev–Trinajstić information content (AvgIpc) is 2.73. The lowest BCUT2D eigenvalue weighted by Gasteiger charge is -2.07. The highest BCUT2D eigenvalue weighted by Crippen LogP contribution is 2.15. The fourth-order valence-corrected chi connectivity index (χ4v) is 2.55. The quantitative estimate of drug-likeness (QED) is 0.410. The average molecular weight is 409 g/mol. The highest BCUT2D eigenvalue weighted by Gasteiger charge is 2.02. The van der Waals surface area contributed by atoms with Crippen molar-refractivity contribution in [3.8, 4) is 5.75 Å². The van der Waals surface area contributed by atoms with Crippen LogP contribution >= 0.6 is 11.6 Å². The summed E-state index contributed by atoms with van der Waals surface area (Å²) in [7, 11) is 0. The zero-order chi connectivity index (χ0) is 20.5. The Morgan fingerprint density at radius 2 is 1.69 bits per heavy atom. The van der Waals surface area contributed by atoms with Crippen LogP contribution in [-0.2, 0) is 16.2 Å². The lowest BCUT2D eigenvalue weighted by molar-refractivity contribution is -0.120. The van der Waals surface area contributed by atoms with Crippen molar-refractivity contribution in [1.29, 1.82) is 0 Å². The zero-order valence-electron chi connectivity index (χ0n) is 16.0. The number of nitrogens with zero attached hydrogens (tertiary/aromatic N) is 1. The maximum absolute atomic E-state index is 11.8. The van der Waals surface area contributed by atoms with Gasteiger partial charge in [0, 0.05) is 10.7 Å². The van der Waals surface area contributed by atoms with Gasteiger partial charge in [-0.25, -0.2) is 0 Å². The van der Waals surface area contributed by atoms with Gasteiger partial charge in [-0.1, -0.05) is 46.6 Å². The summed E-state index contributed by atoms with van der Waals surface area (Å²) in [5, 5.41) is 7.12. The Hall–Kier alpha value is -3.31. The molecule has 0 aromatic heterocycles. The Morgan fingerprint density at radius 1 is 1.00 bits per heavy atom. The van der Waals surface area contributed by atoms with Crippen molar-refractivity contribution < 1.29 is 14.4 Å². The van der Waals surface area contributed by atoms with Crippen LogP contribution in [0, 0.1) is 6.92 Å². The van der Waals surface area contributed by atoms with Crippen LogP contribution in [0.3, 0.4) is 0 Å². The van der Waals surface area contributed by atoms with Gasteiger partial charge >= 0.3 is 0 Å². The second-order valence-corrected chi connectivity index (χ2v) is 6.84. The molecule has 0 atom stereocenters. The molecule has 0 bridgehead atoms. The lowest BCUT2D eigenvalue weighted by atomic mass is 10.2. The summed E-state index contributed by atoms with van der Waals surface area (Å²) in [5.41, 5.74) is 3.83. The SMILES string of the molecule is Cc1ccc(COc2ccc(C=NOCC(=O)Nc3ccc(Cl)cc3)cc2)cc1. The number of hydrogen-bond acceptors (Lipinski definition) is 4. The molecule has 0 aliphatic carbocycles. The number of ether oxygens (including phenoxy) is 1. The normalized spacial score (nSPS) is 10.7. The monoisotopic (exact) mass is 408 g/mol. The summed E-state index contributed by atoms with van der Waals surface area (Å²) in [6.07, 6.45) is 1.54. The van der Waals surface area contributed by atoms with Gasteiger partial charge in [-0.15, -0.1) is 0 Å². The number of nitrogens with one attached hydrogen (secondary N) is 1. The van der Waals surface area contributed by atoms with E-state index in [1.807, 2.05) is 24.3 Å². The van der Waals surface area contributed by atoms with Gasteiger partial charge in [0.25, 0.3) is 5.91 Å². The molecular formula is C23H21ClN2O3. The summed E-state index contributed by atoms with van der Waals surface area (Å²) in [4.78, 5) is 16.8. The number of rotatable bonds is 8. The number of carbonyl (C=O) groups is 1. The molecule has 0 saturated heterocycles. The zero-order valence-corrected chi connectivity index (χ0v) is 16.7. The van der Waals surface area contributed by atoms with Crippen LogP contribution in [0.2, 0.25) is 5.02 Å². The minimum absolute atomic E-state index is 0.184. The van der Waals surface area contributed by atoms with Crippen molar-refractivity contribution >= 4 is 29.4 Å². The van der Waals surface area contributed by atoms with Gasteiger partial charge in [0.05, 0.1) is 6.21 Å². The van der Waals surface area contributed by atoms with Gasteiger partial charge < -0.3 is 14.9 Å². The molecule has 3 aromatic carbocycles. The standard InChI is InChI=1S/C23H21ClN2O3/c1-17-2-4-19(5-3-17)15-28-22-12-6-18(7-13-22)14-25-29-16-23(27)26-21-10-8-20(24)9-11-21/h2-14H,15-16H2,1H3,(H,26,27). The van der Waals surface area contributed by atoms with Crippen molar-refractivity contribution in [2.45, 2.75) is 13.5 Å². The number of anilines is 1. The number of carbonyl (C=O) groups excluding carboxylic acids is 1. The summed E-state index contributed by atoms with van der Waals surface area (Å²) in [5.74, 6) is 0.468. The fourth-order valence-electron chi connectivity index (χ4n) is 2.43. The topological polar surface area (TPSA) is 59.9 Å². The minimum Gasteiger partial charge on any atom is -0.489 e. The molecular weight excluding hydrogens is 388 g/mol. The third-order valence-corrected chi connectivity index (χ3v) is 4.26. The van der Waals surface area contributed by atoms with E-state index in [-0.39, 0.29) is 12.5 Å². The maximum Gasteiger partial charge on any atom is 0.265 e. The van der Waals surface area contributed by atoms with E-state index in [2.05, 4.69) is 41.7 Å². The second-order valence-electron chi connectivity index (χ2n) is 6.41. The molecule has 0 fully saturated rings. The first-order valence-electron chi connectivity index (χ1n) is 9.08. The Labute approximate surface area is 174 Å². The van der Waals surface area contributed by atoms with Crippen molar-refractivity contribution in [3.63, 3.8) is 0 Å². The van der Waals surface area contributed by atoms with Crippen LogP contribution in [0.1, 0.15) is 16.7 Å². The number of benzene rings is 3. The summed E-state index contributed by atoms with van der Waals surface area (Å²) < 4.78 is 5.77. The maximum atomic E-state index is 11.8. The molecule has 0 spiro atoms. The van der Waals surface area contributed by atoms with Crippen LogP contribution in [0.25, 0.3) is 0 Å². The predicted molar refractivity (Wildman–Crippen MR) is 116 cm³/mol. The highest BCUT2D eigenvalue weighted by molar-refractivity contribution is 6.30. The van der Waals surface area contributed by atoms with E-state index in [0.29, 0.717) is 17.3 Å². The van der Waals surface area contributed by atoms with Crippen molar-refractivity contribution in [3.05, 3.63) is 94.5 Å². The molecule has 0 aliphatic heterocycles. The smallest absolute Gasteiger partial charge is 0.265 e. The lowest BCUT2D eigenvalue weighted by Crippen LogP contribution is -2.16. The Balaban J connectivity index is 1.40. The molecule has 29 heavy (non-hydrogen) atoms. The molecule has 1 N–H and O–H groups in total. The largest absolute Gasteiger partial charge is 0.489 e. The van der Waals surface area contributed by atoms with Crippen molar-refractivity contribution in [2.24, 2.45) is 5.16 Å². The molecule has 0 unspecified atom stereocenters. The van der Waals surface area contributed by atoms with Gasteiger partial charge in [0.1, 0.15) is 12.4 Å². The van der Waals surface area contributed by atoms with Crippen molar-refractivity contribution in [2.75, 3.05) is 11.9 Å². The van der Waals surface area contributed by atoms with Gasteiger partial charge in [-0.3, -0.25) is 4.79 Å². The first kappa shape index (κ1) is 20.4. The predicted octanol–water partition coefficient (Wildman–Crippen LogP) is 5.22. The fraction of sp³-hybridized carbons (Fsp3) is 0.130. The van der Waals surface area contributed by atoms with E-state index < -0.39 is 0 Å². The Bertz CT molecular complexity index is 953. The van der Waals surface area contributed by atoms with Gasteiger partial charge in [-0.2, -0.15) is 0 Å². The highest BCUT2D eigenvalue weighted by atomic mass is 35.5. The number of hydrogen-bond donors (Lipinski definition) is 1. The van der Waals surface area contributed by atoms with E-state index in [9.17, 15) is 4.79 Å². The van der Waals surface area contributed by atoms with E-state index in [1.165, 1.54) is 5.56 Å². The number of halogens is 1. The molecule has 3 aromatic rings. The third-order valence-electron chi connectivity index (χ3n) is 4.01.